The summed E-state index contributed by atoms with van der Waals surface area (Å²) in [6.45, 7) is 10.2. The SMILES string of the molecule is CCC(C)NCCOc1cccc(C)c1C. The van der Waals surface area contributed by atoms with Crippen molar-refractivity contribution in [1.82, 2.24) is 5.32 Å². The molecule has 0 spiro atoms. The van der Waals surface area contributed by atoms with Crippen LogP contribution in [0, 0.1) is 13.8 Å². The van der Waals surface area contributed by atoms with Crippen molar-refractivity contribution in [3.8, 4) is 5.75 Å². The van der Waals surface area contributed by atoms with Crippen LogP contribution in [0.25, 0.3) is 0 Å². The lowest BCUT2D eigenvalue weighted by Crippen LogP contribution is -2.29. The van der Waals surface area contributed by atoms with Crippen molar-refractivity contribution in [3.05, 3.63) is 29.3 Å². The molecule has 2 heteroatoms. The molecule has 1 rings (SSSR count). The quantitative estimate of drug-likeness (QED) is 0.745. The number of rotatable bonds is 6. The maximum atomic E-state index is 5.75. The molecule has 0 aliphatic carbocycles. The largest absolute Gasteiger partial charge is 0.492 e. The average Bonchev–Trinajstić information content (AvgIpc) is 2.29. The molecule has 0 aromatic heterocycles. The van der Waals surface area contributed by atoms with Crippen LogP contribution in [0.2, 0.25) is 0 Å². The third-order valence-electron chi connectivity index (χ3n) is 3.02. The average molecular weight is 221 g/mol. The Hall–Kier alpha value is -1.02. The first-order valence-electron chi connectivity index (χ1n) is 6.07. The first-order chi connectivity index (χ1) is 7.65. The van der Waals surface area contributed by atoms with Crippen LogP contribution in [0.4, 0.5) is 0 Å². The van der Waals surface area contributed by atoms with E-state index in [1.165, 1.54) is 11.1 Å². The van der Waals surface area contributed by atoms with Gasteiger partial charge in [0, 0.05) is 12.6 Å². The van der Waals surface area contributed by atoms with Gasteiger partial charge in [0.2, 0.25) is 0 Å². The van der Waals surface area contributed by atoms with Crippen molar-refractivity contribution in [2.75, 3.05) is 13.2 Å². The van der Waals surface area contributed by atoms with Gasteiger partial charge in [0.25, 0.3) is 0 Å². The van der Waals surface area contributed by atoms with E-state index in [1.807, 2.05) is 12.1 Å². The van der Waals surface area contributed by atoms with E-state index in [-0.39, 0.29) is 0 Å². The summed E-state index contributed by atoms with van der Waals surface area (Å²) in [5.74, 6) is 1.01. The predicted molar refractivity (Wildman–Crippen MR) is 69.2 cm³/mol. The molecule has 1 unspecified atom stereocenters. The van der Waals surface area contributed by atoms with Gasteiger partial charge >= 0.3 is 0 Å². The summed E-state index contributed by atoms with van der Waals surface area (Å²) in [6, 6.07) is 6.76. The van der Waals surface area contributed by atoms with Crippen molar-refractivity contribution in [1.29, 1.82) is 0 Å². The second-order valence-electron chi connectivity index (χ2n) is 4.31. The second-order valence-corrected chi connectivity index (χ2v) is 4.31. The van der Waals surface area contributed by atoms with Gasteiger partial charge in [0.1, 0.15) is 12.4 Å². The van der Waals surface area contributed by atoms with Crippen LogP contribution < -0.4 is 10.1 Å². The van der Waals surface area contributed by atoms with Crippen molar-refractivity contribution < 1.29 is 4.74 Å². The molecule has 1 aromatic carbocycles. The molecule has 0 saturated carbocycles. The minimum absolute atomic E-state index is 0.571. The molecular formula is C14H23NO. The minimum atomic E-state index is 0.571. The molecule has 0 radical (unpaired) electrons. The molecule has 0 heterocycles. The van der Waals surface area contributed by atoms with Gasteiger partial charge in [-0.05, 0) is 44.4 Å². The Morgan fingerprint density at radius 2 is 2.06 bits per heavy atom. The zero-order valence-corrected chi connectivity index (χ0v) is 10.8. The summed E-state index contributed by atoms with van der Waals surface area (Å²) in [4.78, 5) is 0. The molecule has 0 fully saturated rings. The highest BCUT2D eigenvalue weighted by atomic mass is 16.5. The van der Waals surface area contributed by atoms with Gasteiger partial charge in [-0.15, -0.1) is 0 Å². The second kappa shape index (κ2) is 6.54. The van der Waals surface area contributed by atoms with E-state index in [1.54, 1.807) is 0 Å². The number of hydrogen-bond donors (Lipinski definition) is 1. The lowest BCUT2D eigenvalue weighted by atomic mass is 10.1. The molecule has 0 aliphatic heterocycles. The van der Waals surface area contributed by atoms with E-state index in [0.717, 1.165) is 25.3 Å². The maximum Gasteiger partial charge on any atom is 0.122 e. The van der Waals surface area contributed by atoms with Crippen LogP contribution in [0.3, 0.4) is 0 Å². The van der Waals surface area contributed by atoms with Crippen molar-refractivity contribution in [2.45, 2.75) is 40.2 Å². The number of hydrogen-bond acceptors (Lipinski definition) is 2. The Kier molecular flexibility index (Phi) is 5.33. The van der Waals surface area contributed by atoms with Gasteiger partial charge < -0.3 is 10.1 Å². The van der Waals surface area contributed by atoms with E-state index in [0.29, 0.717) is 6.04 Å². The van der Waals surface area contributed by atoms with Crippen LogP contribution in [0.5, 0.6) is 5.75 Å². The predicted octanol–water partition coefficient (Wildman–Crippen LogP) is 3.07. The van der Waals surface area contributed by atoms with Crippen LogP contribution in [0.15, 0.2) is 18.2 Å². The van der Waals surface area contributed by atoms with Crippen molar-refractivity contribution >= 4 is 0 Å². The van der Waals surface area contributed by atoms with E-state index < -0.39 is 0 Å². The summed E-state index contributed by atoms with van der Waals surface area (Å²) in [7, 11) is 0. The Balaban J connectivity index is 2.35. The summed E-state index contributed by atoms with van der Waals surface area (Å²) in [5, 5.41) is 3.41. The van der Waals surface area contributed by atoms with Crippen molar-refractivity contribution in [2.24, 2.45) is 0 Å². The van der Waals surface area contributed by atoms with E-state index in [9.17, 15) is 0 Å². The van der Waals surface area contributed by atoms with Gasteiger partial charge in [0.05, 0.1) is 0 Å². The van der Waals surface area contributed by atoms with Crippen LogP contribution in [0.1, 0.15) is 31.4 Å². The zero-order valence-electron chi connectivity index (χ0n) is 10.8. The Morgan fingerprint density at radius 3 is 2.75 bits per heavy atom. The highest BCUT2D eigenvalue weighted by Crippen LogP contribution is 2.20. The minimum Gasteiger partial charge on any atom is -0.492 e. The first-order valence-corrected chi connectivity index (χ1v) is 6.07. The third-order valence-corrected chi connectivity index (χ3v) is 3.02. The van der Waals surface area contributed by atoms with Gasteiger partial charge in [-0.1, -0.05) is 19.1 Å². The van der Waals surface area contributed by atoms with E-state index >= 15 is 0 Å². The number of ether oxygens (including phenoxy) is 1. The molecule has 1 aromatic rings. The maximum absolute atomic E-state index is 5.75. The molecule has 2 nitrogen and oxygen atoms in total. The molecule has 16 heavy (non-hydrogen) atoms. The molecule has 0 saturated heterocycles. The van der Waals surface area contributed by atoms with Gasteiger partial charge in [-0.3, -0.25) is 0 Å². The fourth-order valence-electron chi connectivity index (χ4n) is 1.49. The zero-order chi connectivity index (χ0) is 12.0. The monoisotopic (exact) mass is 221 g/mol. The molecule has 0 bridgehead atoms. The highest BCUT2D eigenvalue weighted by molar-refractivity contribution is 5.38. The smallest absolute Gasteiger partial charge is 0.122 e. The van der Waals surface area contributed by atoms with Crippen LogP contribution in [-0.2, 0) is 0 Å². The topological polar surface area (TPSA) is 21.3 Å². The third kappa shape index (κ3) is 3.86. The summed E-state index contributed by atoms with van der Waals surface area (Å²) < 4.78 is 5.75. The van der Waals surface area contributed by atoms with Gasteiger partial charge in [-0.25, -0.2) is 0 Å². The molecule has 0 aliphatic rings. The lowest BCUT2D eigenvalue weighted by molar-refractivity contribution is 0.304. The first kappa shape index (κ1) is 13.0. The van der Waals surface area contributed by atoms with E-state index in [2.05, 4.69) is 39.1 Å². The Bertz CT molecular complexity index is 323. The number of nitrogens with one attached hydrogen (secondary N) is 1. The fourth-order valence-corrected chi connectivity index (χ4v) is 1.49. The fraction of sp³-hybridized carbons (Fsp3) is 0.571. The highest BCUT2D eigenvalue weighted by Gasteiger charge is 2.01. The number of benzene rings is 1. The Labute approximate surface area is 99.0 Å². The number of aryl methyl sites for hydroxylation is 1. The van der Waals surface area contributed by atoms with Gasteiger partial charge in [0.15, 0.2) is 0 Å². The molecule has 90 valence electrons. The summed E-state index contributed by atoms with van der Waals surface area (Å²) in [5.41, 5.74) is 2.53. The van der Waals surface area contributed by atoms with Crippen LogP contribution in [-0.4, -0.2) is 19.2 Å². The van der Waals surface area contributed by atoms with Crippen molar-refractivity contribution in [3.63, 3.8) is 0 Å². The standard InChI is InChI=1S/C14H23NO/c1-5-12(3)15-9-10-16-14-8-6-7-11(2)13(14)4/h6-8,12,15H,5,9-10H2,1-4H3. The summed E-state index contributed by atoms with van der Waals surface area (Å²) >= 11 is 0. The molecule has 1 atom stereocenters. The molecule has 0 amide bonds. The molecular weight excluding hydrogens is 198 g/mol. The molecule has 1 N–H and O–H groups in total. The lowest BCUT2D eigenvalue weighted by Gasteiger charge is -2.13. The normalized spacial score (nSPS) is 12.5. The van der Waals surface area contributed by atoms with Crippen LogP contribution >= 0.6 is 0 Å². The Morgan fingerprint density at radius 1 is 1.31 bits per heavy atom. The summed E-state index contributed by atoms with van der Waals surface area (Å²) in [6.07, 6.45) is 1.16. The van der Waals surface area contributed by atoms with Gasteiger partial charge in [-0.2, -0.15) is 0 Å². The van der Waals surface area contributed by atoms with E-state index in [4.69, 9.17) is 4.74 Å².